The Hall–Kier alpha value is -3.62. The summed E-state index contributed by atoms with van der Waals surface area (Å²) >= 11 is 3.54. The quantitative estimate of drug-likeness (QED) is 0.219. The summed E-state index contributed by atoms with van der Waals surface area (Å²) in [7, 11) is 0. The van der Waals surface area contributed by atoms with Gasteiger partial charge in [0.2, 0.25) is 0 Å². The van der Waals surface area contributed by atoms with Gasteiger partial charge in [0.05, 0.1) is 4.47 Å². The number of phenols is 1. The van der Waals surface area contributed by atoms with Crippen molar-refractivity contribution in [2.24, 2.45) is 5.41 Å². The van der Waals surface area contributed by atoms with E-state index in [1.165, 1.54) is 54.9 Å². The van der Waals surface area contributed by atoms with Gasteiger partial charge in [-0.25, -0.2) is 0 Å². The molecule has 5 aromatic carbocycles. The number of halogens is 1. The second-order valence-electron chi connectivity index (χ2n) is 12.9. The maximum absolute atomic E-state index is 10.2. The summed E-state index contributed by atoms with van der Waals surface area (Å²) in [4.78, 5) is 0. The van der Waals surface area contributed by atoms with E-state index in [2.05, 4.69) is 123 Å². The van der Waals surface area contributed by atoms with Crippen molar-refractivity contribution >= 4 is 43.0 Å². The SMILES string of the molecule is CC1(C)C=CC2=C(C1)CC(C)(C)c1c2ccc2cc(-c3ccc4ccccc4c3-c3ccc(O)c(Br)c3)ccc12. The average Bonchev–Trinajstić information content (AvgIpc) is 2.92. The molecule has 0 spiro atoms. The molecule has 5 aromatic rings. The van der Waals surface area contributed by atoms with Gasteiger partial charge in [0.25, 0.3) is 0 Å². The molecule has 1 N–H and O–H groups in total. The molecule has 7 rings (SSSR count). The van der Waals surface area contributed by atoms with Gasteiger partial charge in [0, 0.05) is 0 Å². The minimum atomic E-state index is 0.0723. The third-order valence-corrected chi connectivity index (χ3v) is 9.50. The molecule has 0 saturated carbocycles. The third-order valence-electron chi connectivity index (χ3n) is 8.87. The van der Waals surface area contributed by atoms with Crippen LogP contribution in [0.1, 0.15) is 51.7 Å². The molecule has 0 amide bonds. The summed E-state index contributed by atoms with van der Waals surface area (Å²) in [5.74, 6) is 0.248. The monoisotopic (exact) mass is 584 g/mol. The van der Waals surface area contributed by atoms with Crippen LogP contribution in [-0.4, -0.2) is 5.11 Å². The van der Waals surface area contributed by atoms with Crippen molar-refractivity contribution in [3.05, 3.63) is 118 Å². The Kier molecular flexibility index (Phi) is 5.67. The van der Waals surface area contributed by atoms with Crippen LogP contribution >= 0.6 is 15.9 Å². The zero-order valence-electron chi connectivity index (χ0n) is 23.5. The van der Waals surface area contributed by atoms with Crippen LogP contribution in [-0.2, 0) is 5.41 Å². The Morgan fingerprint density at radius 3 is 2.27 bits per heavy atom. The average molecular weight is 586 g/mol. The second-order valence-corrected chi connectivity index (χ2v) is 13.7. The molecule has 0 saturated heterocycles. The van der Waals surface area contributed by atoms with Gasteiger partial charge in [-0.15, -0.1) is 0 Å². The van der Waals surface area contributed by atoms with Crippen molar-refractivity contribution in [1.82, 2.24) is 0 Å². The first-order valence-electron chi connectivity index (χ1n) is 14.1. The van der Waals surface area contributed by atoms with Crippen LogP contribution in [0, 0.1) is 5.41 Å². The molecule has 0 atom stereocenters. The molecular weight excluding hydrogens is 552 g/mol. The van der Waals surface area contributed by atoms with Gasteiger partial charge < -0.3 is 5.11 Å². The first-order chi connectivity index (χ1) is 19.1. The lowest BCUT2D eigenvalue weighted by molar-refractivity contribution is 0.429. The van der Waals surface area contributed by atoms with Crippen molar-refractivity contribution in [2.45, 2.75) is 46.0 Å². The lowest BCUT2D eigenvalue weighted by Crippen LogP contribution is -2.27. The second kappa shape index (κ2) is 8.94. The molecule has 198 valence electrons. The number of rotatable bonds is 2. The maximum Gasteiger partial charge on any atom is 0.129 e. The fourth-order valence-corrected chi connectivity index (χ4v) is 7.51. The van der Waals surface area contributed by atoms with Crippen LogP contribution in [0.3, 0.4) is 0 Å². The standard InChI is InChI=1S/C38H33BrO/c1-37(2)18-17-28-27(21-37)22-38(3,4)36-31-14-10-24(19-25(31)11-15-32(28)36)30-13-9-23-7-5-6-8-29(23)35(30)26-12-16-34(40)33(39)20-26/h5-20,40H,21-22H2,1-4H3. The van der Waals surface area contributed by atoms with E-state index >= 15 is 0 Å². The van der Waals surface area contributed by atoms with E-state index in [1.807, 2.05) is 12.1 Å². The molecule has 2 aliphatic carbocycles. The molecule has 0 heterocycles. The Labute approximate surface area is 245 Å². The molecule has 2 heteroatoms. The molecule has 0 aliphatic heterocycles. The van der Waals surface area contributed by atoms with E-state index in [-0.39, 0.29) is 16.6 Å². The third kappa shape index (κ3) is 4.04. The van der Waals surface area contributed by atoms with Crippen LogP contribution in [0.4, 0.5) is 0 Å². The largest absolute Gasteiger partial charge is 0.507 e. The van der Waals surface area contributed by atoms with Gasteiger partial charge in [-0.05, 0) is 118 Å². The molecule has 2 aliphatic rings. The first kappa shape index (κ1) is 25.4. The summed E-state index contributed by atoms with van der Waals surface area (Å²) in [6.07, 6.45) is 7.01. The van der Waals surface area contributed by atoms with E-state index < -0.39 is 0 Å². The van der Waals surface area contributed by atoms with E-state index in [4.69, 9.17) is 0 Å². The Morgan fingerprint density at radius 2 is 1.45 bits per heavy atom. The molecule has 0 fully saturated rings. The van der Waals surface area contributed by atoms with Crippen LogP contribution in [0.25, 0.3) is 49.4 Å². The van der Waals surface area contributed by atoms with E-state index in [1.54, 1.807) is 11.6 Å². The van der Waals surface area contributed by atoms with E-state index in [9.17, 15) is 5.11 Å². The normalized spacial score (nSPS) is 17.2. The lowest BCUT2D eigenvalue weighted by atomic mass is 9.64. The maximum atomic E-state index is 10.2. The number of fused-ring (bicyclic) bond motifs is 5. The molecule has 1 nitrogen and oxygen atoms in total. The first-order valence-corrected chi connectivity index (χ1v) is 14.9. The summed E-state index contributed by atoms with van der Waals surface area (Å²) in [6, 6.07) is 30.5. The van der Waals surface area contributed by atoms with Crippen molar-refractivity contribution in [2.75, 3.05) is 0 Å². The number of benzene rings is 5. The molecule has 0 unspecified atom stereocenters. The predicted octanol–water partition coefficient (Wildman–Crippen LogP) is 11.2. The van der Waals surface area contributed by atoms with Gasteiger partial charge >= 0.3 is 0 Å². The Morgan fingerprint density at radius 1 is 0.700 bits per heavy atom. The van der Waals surface area contributed by atoms with E-state index in [0.29, 0.717) is 4.47 Å². The molecular formula is C38H33BrO. The number of allylic oxidation sites excluding steroid dienone is 4. The van der Waals surface area contributed by atoms with Gasteiger partial charge in [0.15, 0.2) is 0 Å². The fraction of sp³-hybridized carbons (Fsp3) is 0.211. The number of hydrogen-bond donors (Lipinski definition) is 1. The summed E-state index contributed by atoms with van der Waals surface area (Å²) in [5, 5.41) is 15.2. The predicted molar refractivity (Wildman–Crippen MR) is 174 cm³/mol. The topological polar surface area (TPSA) is 20.2 Å². The van der Waals surface area contributed by atoms with E-state index in [0.717, 1.165) is 18.4 Å². The van der Waals surface area contributed by atoms with Gasteiger partial charge in [0.1, 0.15) is 5.75 Å². The van der Waals surface area contributed by atoms with Crippen LogP contribution in [0.15, 0.2) is 107 Å². The zero-order chi connectivity index (χ0) is 27.8. The van der Waals surface area contributed by atoms with Crippen LogP contribution in [0.2, 0.25) is 0 Å². The van der Waals surface area contributed by atoms with Crippen LogP contribution < -0.4 is 0 Å². The Balaban J connectivity index is 1.43. The Bertz CT molecular complexity index is 1920. The fourth-order valence-electron chi connectivity index (χ4n) is 7.13. The number of aromatic hydroxyl groups is 1. The highest BCUT2D eigenvalue weighted by Gasteiger charge is 2.36. The molecule has 40 heavy (non-hydrogen) atoms. The summed E-state index contributed by atoms with van der Waals surface area (Å²) in [5.41, 5.74) is 10.9. The van der Waals surface area contributed by atoms with Crippen molar-refractivity contribution in [3.8, 4) is 28.0 Å². The minimum absolute atomic E-state index is 0.0723. The molecule has 0 aromatic heterocycles. The lowest BCUT2D eigenvalue weighted by Gasteiger charge is -2.40. The van der Waals surface area contributed by atoms with Crippen LogP contribution in [0.5, 0.6) is 5.75 Å². The highest BCUT2D eigenvalue weighted by Crippen LogP contribution is 2.51. The molecule has 0 bridgehead atoms. The van der Waals surface area contributed by atoms with Crippen molar-refractivity contribution in [1.29, 1.82) is 0 Å². The number of hydrogen-bond acceptors (Lipinski definition) is 1. The number of phenolic OH excluding ortho intramolecular Hbond substituents is 1. The minimum Gasteiger partial charge on any atom is -0.507 e. The van der Waals surface area contributed by atoms with Crippen molar-refractivity contribution < 1.29 is 5.11 Å². The summed E-state index contributed by atoms with van der Waals surface area (Å²) in [6.45, 7) is 9.52. The zero-order valence-corrected chi connectivity index (χ0v) is 25.1. The van der Waals surface area contributed by atoms with Crippen molar-refractivity contribution in [3.63, 3.8) is 0 Å². The highest BCUT2D eigenvalue weighted by molar-refractivity contribution is 9.10. The highest BCUT2D eigenvalue weighted by atomic mass is 79.9. The summed E-state index contributed by atoms with van der Waals surface area (Å²) < 4.78 is 0.699. The van der Waals surface area contributed by atoms with Gasteiger partial charge in [-0.2, -0.15) is 0 Å². The van der Waals surface area contributed by atoms with Gasteiger partial charge in [-0.3, -0.25) is 0 Å². The van der Waals surface area contributed by atoms with Gasteiger partial charge in [-0.1, -0.05) is 112 Å². The smallest absolute Gasteiger partial charge is 0.129 e. The molecule has 0 radical (unpaired) electrons.